The van der Waals surface area contributed by atoms with E-state index in [4.69, 9.17) is 9.97 Å². The van der Waals surface area contributed by atoms with Crippen molar-refractivity contribution in [3.63, 3.8) is 0 Å². The van der Waals surface area contributed by atoms with E-state index in [0.29, 0.717) is 23.1 Å². The van der Waals surface area contributed by atoms with E-state index in [2.05, 4.69) is 19.9 Å². The molecule has 34 heavy (non-hydrogen) atoms. The van der Waals surface area contributed by atoms with Crippen molar-refractivity contribution in [1.29, 1.82) is 0 Å². The van der Waals surface area contributed by atoms with Crippen molar-refractivity contribution < 1.29 is 4.79 Å². The summed E-state index contributed by atoms with van der Waals surface area (Å²) in [6.07, 6.45) is 6.82. The van der Waals surface area contributed by atoms with Crippen LogP contribution in [-0.4, -0.2) is 41.6 Å². The maximum absolute atomic E-state index is 13.1. The van der Waals surface area contributed by atoms with Crippen LogP contribution in [0.15, 0.2) is 73.4 Å². The number of nitrogens with one attached hydrogen (secondary N) is 1. The van der Waals surface area contributed by atoms with Gasteiger partial charge in [0, 0.05) is 46.3 Å². The number of thioether (sulfide) groups is 1. The number of carbonyl (C=O) groups excluding carboxylic acids is 1. The number of hydrogen-bond donors (Lipinski definition) is 1. The van der Waals surface area contributed by atoms with Gasteiger partial charge in [0.1, 0.15) is 11.7 Å². The third-order valence-electron chi connectivity index (χ3n) is 5.68. The second kappa shape index (κ2) is 8.35. The average Bonchev–Trinajstić information content (AvgIpc) is 3.48. The van der Waals surface area contributed by atoms with Gasteiger partial charge in [-0.1, -0.05) is 24.3 Å². The van der Waals surface area contributed by atoms with Crippen LogP contribution in [0.25, 0.3) is 33.4 Å². The number of rotatable bonds is 4. The number of pyridine rings is 1. The standard InChI is InChI=1S/C25H19N7OS/c1-15-5-4-8-20(29-15)24-32(23(33)13-34-24)25-30-21(16-10-26-14-27-11-16)9-22(31-25)18-12-28-19-7-3-2-6-17(18)19/h2-12,14,24,28H,13H2,1H3. The molecule has 1 aromatic carbocycles. The maximum atomic E-state index is 13.1. The molecule has 1 amide bonds. The van der Waals surface area contributed by atoms with Gasteiger partial charge in [0.15, 0.2) is 0 Å². The molecule has 0 spiro atoms. The van der Waals surface area contributed by atoms with Gasteiger partial charge in [-0.3, -0.25) is 14.7 Å². The van der Waals surface area contributed by atoms with Crippen LogP contribution in [-0.2, 0) is 4.79 Å². The van der Waals surface area contributed by atoms with Gasteiger partial charge in [0.2, 0.25) is 11.9 Å². The number of H-pyrrole nitrogens is 1. The van der Waals surface area contributed by atoms with Crippen LogP contribution >= 0.6 is 11.8 Å². The molecule has 1 fully saturated rings. The summed E-state index contributed by atoms with van der Waals surface area (Å²) in [6, 6.07) is 15.8. The fourth-order valence-electron chi connectivity index (χ4n) is 4.10. The van der Waals surface area contributed by atoms with Crippen LogP contribution in [0.4, 0.5) is 5.95 Å². The van der Waals surface area contributed by atoms with Crippen molar-refractivity contribution >= 4 is 34.5 Å². The van der Waals surface area contributed by atoms with E-state index in [9.17, 15) is 4.79 Å². The zero-order chi connectivity index (χ0) is 23.1. The van der Waals surface area contributed by atoms with E-state index < -0.39 is 0 Å². The Balaban J connectivity index is 1.54. The molecule has 1 aliphatic rings. The quantitative estimate of drug-likeness (QED) is 0.415. The number of carbonyl (C=O) groups is 1. The highest BCUT2D eigenvalue weighted by Crippen LogP contribution is 2.41. The smallest absolute Gasteiger partial charge is 0.240 e. The number of aryl methyl sites for hydroxylation is 1. The zero-order valence-electron chi connectivity index (χ0n) is 18.2. The van der Waals surface area contributed by atoms with E-state index in [-0.39, 0.29) is 11.3 Å². The van der Waals surface area contributed by atoms with Gasteiger partial charge in [0.25, 0.3) is 0 Å². The molecule has 6 rings (SSSR count). The van der Waals surface area contributed by atoms with Crippen LogP contribution in [0.3, 0.4) is 0 Å². The molecule has 1 aliphatic heterocycles. The lowest BCUT2D eigenvalue weighted by molar-refractivity contribution is -0.115. The average molecular weight is 466 g/mol. The predicted octanol–water partition coefficient (Wildman–Crippen LogP) is 4.56. The first kappa shape index (κ1) is 20.5. The van der Waals surface area contributed by atoms with E-state index in [0.717, 1.165) is 33.4 Å². The summed E-state index contributed by atoms with van der Waals surface area (Å²) in [6.45, 7) is 1.94. The lowest BCUT2D eigenvalue weighted by Crippen LogP contribution is -2.30. The highest BCUT2D eigenvalue weighted by molar-refractivity contribution is 8.00. The summed E-state index contributed by atoms with van der Waals surface area (Å²) in [7, 11) is 0. The largest absolute Gasteiger partial charge is 0.360 e. The van der Waals surface area contributed by atoms with Crippen LogP contribution in [0, 0.1) is 6.92 Å². The Morgan fingerprint density at radius 2 is 1.82 bits per heavy atom. The molecular weight excluding hydrogens is 446 g/mol. The number of benzene rings is 1. The summed E-state index contributed by atoms with van der Waals surface area (Å²) >= 11 is 1.53. The second-order valence-corrected chi connectivity index (χ2v) is 9.01. The van der Waals surface area contributed by atoms with Crippen LogP contribution in [0.1, 0.15) is 16.8 Å². The first-order valence-electron chi connectivity index (χ1n) is 10.8. The van der Waals surface area contributed by atoms with Crippen molar-refractivity contribution in [2.24, 2.45) is 0 Å². The molecule has 0 saturated carbocycles. The number of amides is 1. The molecule has 8 nitrogen and oxygen atoms in total. The van der Waals surface area contributed by atoms with Crippen LogP contribution < -0.4 is 4.90 Å². The van der Waals surface area contributed by atoms with Crippen molar-refractivity contribution in [2.75, 3.05) is 10.7 Å². The van der Waals surface area contributed by atoms with Crippen molar-refractivity contribution in [2.45, 2.75) is 12.3 Å². The molecule has 1 unspecified atom stereocenters. The Hall–Kier alpha value is -4.11. The molecule has 0 bridgehead atoms. The Bertz CT molecular complexity index is 1520. The lowest BCUT2D eigenvalue weighted by Gasteiger charge is -2.22. The summed E-state index contributed by atoms with van der Waals surface area (Å²) in [5.74, 6) is 0.625. The monoisotopic (exact) mass is 465 g/mol. The van der Waals surface area contributed by atoms with Gasteiger partial charge in [-0.05, 0) is 31.2 Å². The second-order valence-electron chi connectivity index (χ2n) is 7.94. The number of para-hydroxylation sites is 1. The predicted molar refractivity (Wildman–Crippen MR) is 132 cm³/mol. The summed E-state index contributed by atoms with van der Waals surface area (Å²) in [4.78, 5) is 40.6. The third-order valence-corrected chi connectivity index (χ3v) is 6.86. The zero-order valence-corrected chi connectivity index (χ0v) is 19.0. The van der Waals surface area contributed by atoms with E-state index in [1.54, 1.807) is 17.3 Å². The summed E-state index contributed by atoms with van der Waals surface area (Å²) in [5, 5.41) is 0.743. The van der Waals surface area contributed by atoms with Gasteiger partial charge < -0.3 is 4.98 Å². The number of hydrogen-bond acceptors (Lipinski definition) is 7. The maximum Gasteiger partial charge on any atom is 0.240 e. The molecule has 1 saturated heterocycles. The van der Waals surface area contributed by atoms with Gasteiger partial charge in [-0.25, -0.2) is 19.9 Å². The fourth-order valence-corrected chi connectivity index (χ4v) is 5.21. The SMILES string of the molecule is Cc1cccc(C2SCC(=O)N2c2nc(-c3cncnc3)cc(-c3c[nH]c4ccccc34)n2)n1. The number of aromatic amines is 1. The van der Waals surface area contributed by atoms with Crippen LogP contribution in [0.2, 0.25) is 0 Å². The van der Waals surface area contributed by atoms with Gasteiger partial charge >= 0.3 is 0 Å². The summed E-state index contributed by atoms with van der Waals surface area (Å²) < 4.78 is 0. The minimum atomic E-state index is -0.300. The summed E-state index contributed by atoms with van der Waals surface area (Å²) in [5.41, 5.74) is 5.75. The molecule has 9 heteroatoms. The molecule has 5 heterocycles. The van der Waals surface area contributed by atoms with Crippen LogP contribution in [0.5, 0.6) is 0 Å². The van der Waals surface area contributed by atoms with Crippen molar-refractivity contribution in [1.82, 2.24) is 29.9 Å². The number of anilines is 1. The minimum absolute atomic E-state index is 0.0513. The third kappa shape index (κ3) is 3.60. The van der Waals surface area contributed by atoms with E-state index >= 15 is 0 Å². The first-order chi connectivity index (χ1) is 16.7. The van der Waals surface area contributed by atoms with E-state index in [1.165, 1.54) is 18.1 Å². The Kier molecular flexibility index (Phi) is 5.03. The van der Waals surface area contributed by atoms with Crippen molar-refractivity contribution in [3.05, 3.63) is 84.8 Å². The Morgan fingerprint density at radius 3 is 2.68 bits per heavy atom. The van der Waals surface area contributed by atoms with Crippen molar-refractivity contribution in [3.8, 4) is 22.5 Å². The van der Waals surface area contributed by atoms with Gasteiger partial charge in [-0.15, -0.1) is 11.8 Å². The highest BCUT2D eigenvalue weighted by Gasteiger charge is 2.37. The molecule has 5 aromatic rings. The number of aromatic nitrogens is 6. The molecule has 166 valence electrons. The number of fused-ring (bicyclic) bond motifs is 1. The topological polar surface area (TPSA) is 101 Å². The Labute approximate surface area is 199 Å². The molecule has 4 aromatic heterocycles. The minimum Gasteiger partial charge on any atom is -0.360 e. The molecule has 1 atom stereocenters. The van der Waals surface area contributed by atoms with Gasteiger partial charge in [0.05, 0.1) is 22.8 Å². The molecule has 0 aliphatic carbocycles. The normalized spacial score (nSPS) is 15.9. The molecule has 1 N–H and O–H groups in total. The first-order valence-corrected chi connectivity index (χ1v) is 11.8. The Morgan fingerprint density at radius 1 is 1.00 bits per heavy atom. The molecule has 0 radical (unpaired) electrons. The van der Waals surface area contributed by atoms with Gasteiger partial charge in [-0.2, -0.15) is 0 Å². The lowest BCUT2D eigenvalue weighted by atomic mass is 10.1. The van der Waals surface area contributed by atoms with E-state index in [1.807, 2.05) is 61.7 Å². The fraction of sp³-hybridized carbons (Fsp3) is 0.120. The molecular formula is C25H19N7OS. The number of nitrogens with zero attached hydrogens (tertiary/aromatic N) is 6. The highest BCUT2D eigenvalue weighted by atomic mass is 32.2.